The van der Waals surface area contributed by atoms with Gasteiger partial charge < -0.3 is 14.4 Å². The van der Waals surface area contributed by atoms with Gasteiger partial charge in [0.1, 0.15) is 5.69 Å². The van der Waals surface area contributed by atoms with Crippen LogP contribution in [0.2, 0.25) is 0 Å². The van der Waals surface area contributed by atoms with Gasteiger partial charge in [-0.1, -0.05) is 0 Å². The van der Waals surface area contributed by atoms with Gasteiger partial charge in [0, 0.05) is 19.2 Å². The molecule has 1 aliphatic heterocycles. The van der Waals surface area contributed by atoms with Crippen LogP contribution in [0.3, 0.4) is 0 Å². The van der Waals surface area contributed by atoms with Crippen molar-refractivity contribution < 1.29 is 22.8 Å². The first-order valence-electron chi connectivity index (χ1n) is 8.51. The number of nitrogens with one attached hydrogen (secondary N) is 1. The van der Waals surface area contributed by atoms with Gasteiger partial charge in [-0.3, -0.25) is 10.1 Å². The Morgan fingerprint density at radius 3 is 2.32 bits per heavy atom. The minimum absolute atomic E-state index is 0.144. The van der Waals surface area contributed by atoms with Crippen LogP contribution in [0.4, 0.5) is 11.4 Å². The number of methoxy groups -OCH3 is 2. The Labute approximate surface area is 163 Å². The second-order valence-corrected chi connectivity index (χ2v) is 8.15. The molecule has 0 saturated carbocycles. The number of hydrogen-bond donors (Lipinski definition) is 1. The number of rotatable bonds is 6. The maximum Gasteiger partial charge on any atom is 0.293 e. The highest BCUT2D eigenvalue weighted by atomic mass is 32.2. The highest BCUT2D eigenvalue weighted by molar-refractivity contribution is 7.89. The van der Waals surface area contributed by atoms with Gasteiger partial charge in [0.2, 0.25) is 10.0 Å². The van der Waals surface area contributed by atoms with Crippen molar-refractivity contribution in [3.05, 3.63) is 51.6 Å². The van der Waals surface area contributed by atoms with Crippen molar-refractivity contribution in [2.75, 3.05) is 32.7 Å². The zero-order valence-corrected chi connectivity index (χ0v) is 16.6. The van der Waals surface area contributed by atoms with Gasteiger partial charge in [0.15, 0.2) is 11.5 Å². The largest absolute Gasteiger partial charge is 0.493 e. The van der Waals surface area contributed by atoms with Crippen LogP contribution in [-0.4, -0.2) is 41.2 Å². The van der Waals surface area contributed by atoms with Crippen LogP contribution in [-0.2, 0) is 23.0 Å². The van der Waals surface area contributed by atoms with Gasteiger partial charge in [-0.15, -0.1) is 0 Å². The smallest absolute Gasteiger partial charge is 0.293 e. The zero-order chi connectivity index (χ0) is 20.5. The summed E-state index contributed by atoms with van der Waals surface area (Å²) in [6.45, 7) is 0.996. The van der Waals surface area contributed by atoms with Gasteiger partial charge in [-0.25, -0.2) is 13.1 Å². The number of nitrogens with zero attached hydrogens (tertiary/aromatic N) is 2. The molecular weight excluding hydrogens is 386 g/mol. The third-order valence-corrected chi connectivity index (χ3v) is 6.19. The Morgan fingerprint density at radius 1 is 1.11 bits per heavy atom. The summed E-state index contributed by atoms with van der Waals surface area (Å²) in [6.07, 6.45) is 0.670. The Morgan fingerprint density at radius 2 is 1.75 bits per heavy atom. The van der Waals surface area contributed by atoms with Gasteiger partial charge >= 0.3 is 0 Å². The monoisotopic (exact) mass is 407 g/mol. The minimum Gasteiger partial charge on any atom is -0.493 e. The summed E-state index contributed by atoms with van der Waals surface area (Å²) in [6, 6.07) is 7.73. The van der Waals surface area contributed by atoms with Crippen molar-refractivity contribution in [3.63, 3.8) is 0 Å². The third-order valence-electron chi connectivity index (χ3n) is 4.78. The molecule has 150 valence electrons. The molecule has 0 fully saturated rings. The molecule has 1 heterocycles. The van der Waals surface area contributed by atoms with E-state index in [-0.39, 0.29) is 10.6 Å². The van der Waals surface area contributed by atoms with Crippen molar-refractivity contribution in [1.82, 2.24) is 4.72 Å². The standard InChI is InChI=1S/C18H21N3O6S/c1-19-28(24,25)14-4-5-15(16(10-14)21(22)23)20-7-6-12-8-17(26-2)18(27-3)9-13(12)11-20/h4-5,8-10,19H,6-7,11H2,1-3H3. The molecule has 0 atom stereocenters. The molecule has 3 rings (SSSR count). The van der Waals surface area contributed by atoms with E-state index >= 15 is 0 Å². The number of nitro benzene ring substituents is 1. The molecule has 2 aromatic carbocycles. The lowest BCUT2D eigenvalue weighted by Crippen LogP contribution is -2.31. The van der Waals surface area contributed by atoms with E-state index in [0.717, 1.165) is 17.2 Å². The maximum absolute atomic E-state index is 12.0. The number of nitro groups is 1. The topological polar surface area (TPSA) is 111 Å². The highest BCUT2D eigenvalue weighted by Crippen LogP contribution is 2.37. The minimum atomic E-state index is -3.77. The molecule has 0 bridgehead atoms. The molecule has 0 unspecified atom stereocenters. The van der Waals surface area contributed by atoms with Crippen LogP contribution in [0, 0.1) is 10.1 Å². The number of fused-ring (bicyclic) bond motifs is 1. The number of ether oxygens (including phenoxy) is 2. The number of benzene rings is 2. The van der Waals surface area contributed by atoms with E-state index in [2.05, 4.69) is 4.72 Å². The summed E-state index contributed by atoms with van der Waals surface area (Å²) >= 11 is 0. The van der Waals surface area contributed by atoms with Crippen LogP contribution in [0.15, 0.2) is 35.2 Å². The van der Waals surface area contributed by atoms with E-state index in [0.29, 0.717) is 36.7 Å². The van der Waals surface area contributed by atoms with Gasteiger partial charge in [0.05, 0.1) is 24.0 Å². The quantitative estimate of drug-likeness (QED) is 0.576. The first kappa shape index (κ1) is 19.9. The lowest BCUT2D eigenvalue weighted by molar-refractivity contribution is -0.384. The molecule has 0 saturated heterocycles. The predicted octanol–water partition coefficient (Wildman–Crippen LogP) is 2.08. The van der Waals surface area contributed by atoms with E-state index in [1.807, 2.05) is 17.0 Å². The van der Waals surface area contributed by atoms with E-state index in [1.54, 1.807) is 14.2 Å². The fraction of sp³-hybridized carbons (Fsp3) is 0.333. The highest BCUT2D eigenvalue weighted by Gasteiger charge is 2.27. The Balaban J connectivity index is 2.00. The Kier molecular flexibility index (Phi) is 5.43. The molecule has 2 aromatic rings. The lowest BCUT2D eigenvalue weighted by Gasteiger charge is -2.31. The van der Waals surface area contributed by atoms with Gasteiger partial charge in [-0.2, -0.15) is 0 Å². The molecule has 1 N–H and O–H groups in total. The molecule has 0 aliphatic carbocycles. The molecule has 0 radical (unpaired) electrons. The fourth-order valence-corrected chi connectivity index (χ4v) is 4.04. The van der Waals surface area contributed by atoms with Gasteiger partial charge in [-0.05, 0) is 48.9 Å². The average Bonchev–Trinajstić information content (AvgIpc) is 2.71. The molecule has 28 heavy (non-hydrogen) atoms. The molecule has 0 aromatic heterocycles. The van der Waals surface area contributed by atoms with Crippen LogP contribution in [0.25, 0.3) is 0 Å². The average molecular weight is 407 g/mol. The van der Waals surface area contributed by atoms with Crippen molar-refractivity contribution in [2.45, 2.75) is 17.9 Å². The normalized spacial score (nSPS) is 13.8. The van der Waals surface area contributed by atoms with Crippen LogP contribution in [0.5, 0.6) is 11.5 Å². The van der Waals surface area contributed by atoms with Crippen molar-refractivity contribution >= 4 is 21.4 Å². The predicted molar refractivity (Wildman–Crippen MR) is 104 cm³/mol. The second-order valence-electron chi connectivity index (χ2n) is 6.26. The second kappa shape index (κ2) is 7.64. The maximum atomic E-state index is 12.0. The summed E-state index contributed by atoms with van der Waals surface area (Å²) in [5, 5.41) is 11.6. The van der Waals surface area contributed by atoms with Gasteiger partial charge in [0.25, 0.3) is 5.69 Å². The first-order chi connectivity index (χ1) is 13.3. The molecule has 9 nitrogen and oxygen atoms in total. The number of hydrogen-bond acceptors (Lipinski definition) is 7. The SMILES string of the molecule is CNS(=O)(=O)c1ccc(N2CCc3cc(OC)c(OC)cc3C2)c([N+](=O)[O-])c1. The van der Waals surface area contributed by atoms with Crippen LogP contribution >= 0.6 is 0 Å². The zero-order valence-electron chi connectivity index (χ0n) is 15.8. The summed E-state index contributed by atoms with van der Waals surface area (Å²) in [5.74, 6) is 1.23. The van der Waals surface area contributed by atoms with E-state index in [9.17, 15) is 18.5 Å². The van der Waals surface area contributed by atoms with E-state index in [1.165, 1.54) is 19.2 Å². The number of sulfonamides is 1. The van der Waals surface area contributed by atoms with E-state index < -0.39 is 14.9 Å². The summed E-state index contributed by atoms with van der Waals surface area (Å²) in [4.78, 5) is 12.7. The summed E-state index contributed by atoms with van der Waals surface area (Å²) < 4.78 is 36.8. The molecular formula is C18H21N3O6S. The molecule has 1 aliphatic rings. The molecule has 10 heteroatoms. The van der Waals surface area contributed by atoms with Crippen molar-refractivity contribution in [1.29, 1.82) is 0 Å². The third kappa shape index (κ3) is 3.60. The molecule has 0 spiro atoms. The summed E-state index contributed by atoms with van der Waals surface area (Å²) in [7, 11) is 0.617. The molecule has 0 amide bonds. The fourth-order valence-electron chi connectivity index (χ4n) is 3.29. The van der Waals surface area contributed by atoms with Crippen molar-refractivity contribution in [2.24, 2.45) is 0 Å². The first-order valence-corrected chi connectivity index (χ1v) is 9.99. The van der Waals surface area contributed by atoms with Crippen molar-refractivity contribution in [3.8, 4) is 11.5 Å². The Hall–Kier alpha value is -2.85. The van der Waals surface area contributed by atoms with Crippen LogP contribution < -0.4 is 19.1 Å². The van der Waals surface area contributed by atoms with Crippen LogP contribution in [0.1, 0.15) is 11.1 Å². The van der Waals surface area contributed by atoms with E-state index in [4.69, 9.17) is 9.47 Å². The Bertz CT molecular complexity index is 1020. The number of anilines is 1. The lowest BCUT2D eigenvalue weighted by atomic mass is 9.98. The summed E-state index contributed by atoms with van der Waals surface area (Å²) in [5.41, 5.74) is 2.19.